The molecule has 0 aliphatic heterocycles. The number of guanidine groups is 1. The maximum Gasteiger partial charge on any atom is 0.191 e. The third-order valence-corrected chi connectivity index (χ3v) is 4.97. The average Bonchev–Trinajstić information content (AvgIpc) is 3.23. The van der Waals surface area contributed by atoms with Crippen molar-refractivity contribution < 1.29 is 8.78 Å². The third kappa shape index (κ3) is 7.54. The number of aromatic nitrogens is 3. The van der Waals surface area contributed by atoms with Gasteiger partial charge in [-0.05, 0) is 36.6 Å². The van der Waals surface area contributed by atoms with Gasteiger partial charge in [0.1, 0.15) is 12.2 Å². The Kier molecular flexibility index (Phi) is 10.5. The Balaban J connectivity index is 0.00000363. The maximum atomic E-state index is 13.6. The molecule has 1 aromatic heterocycles. The van der Waals surface area contributed by atoms with Gasteiger partial charge in [0, 0.05) is 26.1 Å². The number of aryl methyl sites for hydroxylation is 1. The number of nitrogens with zero attached hydrogens (tertiary/aromatic N) is 4. The highest BCUT2D eigenvalue weighted by Crippen LogP contribution is 2.15. The van der Waals surface area contributed by atoms with Gasteiger partial charge in [-0.2, -0.15) is 0 Å². The molecule has 0 spiro atoms. The second kappa shape index (κ2) is 13.1. The van der Waals surface area contributed by atoms with Gasteiger partial charge in [0.2, 0.25) is 0 Å². The zero-order valence-corrected chi connectivity index (χ0v) is 20.6. The van der Waals surface area contributed by atoms with Crippen LogP contribution in [0.4, 0.5) is 8.78 Å². The molecule has 0 saturated carbocycles. The van der Waals surface area contributed by atoms with E-state index in [1.54, 1.807) is 12.4 Å². The number of hydrogen-bond acceptors (Lipinski definition) is 3. The fourth-order valence-electron chi connectivity index (χ4n) is 3.20. The van der Waals surface area contributed by atoms with Crippen molar-refractivity contribution in [3.8, 4) is 0 Å². The summed E-state index contributed by atoms with van der Waals surface area (Å²) in [6.45, 7) is 5.82. The zero-order valence-electron chi connectivity index (χ0n) is 18.3. The SMILES string of the molecule is CCc1nncn1CCNC(=NCCc1ccccc1)NC(C)c1ccc(F)c(F)c1.I. The molecule has 0 radical (unpaired) electrons. The van der Waals surface area contributed by atoms with Crippen LogP contribution in [0.5, 0.6) is 0 Å². The van der Waals surface area contributed by atoms with Crippen molar-refractivity contribution in [1.82, 2.24) is 25.4 Å². The highest BCUT2D eigenvalue weighted by molar-refractivity contribution is 14.0. The van der Waals surface area contributed by atoms with E-state index in [0.717, 1.165) is 24.7 Å². The van der Waals surface area contributed by atoms with Gasteiger partial charge in [-0.3, -0.25) is 4.99 Å². The van der Waals surface area contributed by atoms with E-state index in [4.69, 9.17) is 0 Å². The summed E-state index contributed by atoms with van der Waals surface area (Å²) >= 11 is 0. The molecule has 9 heteroatoms. The molecule has 0 aliphatic carbocycles. The lowest BCUT2D eigenvalue weighted by Crippen LogP contribution is -2.40. The van der Waals surface area contributed by atoms with Gasteiger partial charge in [0.05, 0.1) is 6.04 Å². The summed E-state index contributed by atoms with van der Waals surface area (Å²) in [4.78, 5) is 4.67. The first-order chi connectivity index (χ1) is 15.1. The highest BCUT2D eigenvalue weighted by Gasteiger charge is 2.11. The summed E-state index contributed by atoms with van der Waals surface area (Å²) in [5, 5.41) is 14.6. The third-order valence-electron chi connectivity index (χ3n) is 4.97. The topological polar surface area (TPSA) is 67.1 Å². The van der Waals surface area contributed by atoms with Gasteiger partial charge >= 0.3 is 0 Å². The molecule has 1 unspecified atom stereocenters. The maximum absolute atomic E-state index is 13.6. The van der Waals surface area contributed by atoms with Gasteiger partial charge in [-0.25, -0.2) is 8.78 Å². The van der Waals surface area contributed by atoms with Crippen LogP contribution in [-0.4, -0.2) is 33.8 Å². The molecule has 0 aliphatic rings. The predicted octanol–water partition coefficient (Wildman–Crippen LogP) is 4.28. The minimum absolute atomic E-state index is 0. The number of hydrogen-bond donors (Lipinski definition) is 2. The van der Waals surface area contributed by atoms with E-state index in [9.17, 15) is 8.78 Å². The number of halogens is 3. The molecule has 0 fully saturated rings. The number of aliphatic imine (C=N–C) groups is 1. The van der Waals surface area contributed by atoms with Crippen LogP contribution in [0, 0.1) is 11.6 Å². The zero-order chi connectivity index (χ0) is 22.1. The fraction of sp³-hybridized carbons (Fsp3) is 0.348. The molecule has 3 rings (SSSR count). The Hall–Kier alpha value is -2.56. The summed E-state index contributed by atoms with van der Waals surface area (Å²) in [7, 11) is 0. The Morgan fingerprint density at radius 2 is 1.91 bits per heavy atom. The van der Waals surface area contributed by atoms with Crippen LogP contribution in [0.25, 0.3) is 0 Å². The minimum atomic E-state index is -0.860. The first kappa shape index (κ1) is 25.7. The Morgan fingerprint density at radius 1 is 1.12 bits per heavy atom. The van der Waals surface area contributed by atoms with Crippen molar-refractivity contribution >= 4 is 29.9 Å². The number of rotatable bonds is 9. The first-order valence-electron chi connectivity index (χ1n) is 10.5. The van der Waals surface area contributed by atoms with Gasteiger partial charge in [-0.15, -0.1) is 34.2 Å². The molecular weight excluding hydrogens is 525 g/mol. The van der Waals surface area contributed by atoms with E-state index in [2.05, 4.69) is 38.0 Å². The normalized spacial score (nSPS) is 12.2. The average molecular weight is 554 g/mol. The van der Waals surface area contributed by atoms with E-state index < -0.39 is 11.6 Å². The summed E-state index contributed by atoms with van der Waals surface area (Å²) in [5.74, 6) is -0.181. The Morgan fingerprint density at radius 3 is 2.62 bits per heavy atom. The quantitative estimate of drug-likeness (QED) is 0.236. The molecule has 6 nitrogen and oxygen atoms in total. The lowest BCUT2D eigenvalue weighted by atomic mass is 10.1. The molecule has 0 bridgehead atoms. The molecule has 2 aromatic carbocycles. The first-order valence-corrected chi connectivity index (χ1v) is 10.5. The largest absolute Gasteiger partial charge is 0.355 e. The second-order valence-corrected chi connectivity index (χ2v) is 7.23. The van der Waals surface area contributed by atoms with Gasteiger partial charge in [0.25, 0.3) is 0 Å². The van der Waals surface area contributed by atoms with E-state index in [1.165, 1.54) is 11.6 Å². The Bertz CT molecular complexity index is 993. The highest BCUT2D eigenvalue weighted by atomic mass is 127. The molecule has 3 aromatic rings. The smallest absolute Gasteiger partial charge is 0.191 e. The Labute approximate surface area is 204 Å². The lowest BCUT2D eigenvalue weighted by Gasteiger charge is -2.19. The van der Waals surface area contributed by atoms with Crippen LogP contribution in [-0.2, 0) is 19.4 Å². The van der Waals surface area contributed by atoms with Crippen LogP contribution < -0.4 is 10.6 Å². The van der Waals surface area contributed by atoms with E-state index in [0.29, 0.717) is 31.2 Å². The van der Waals surface area contributed by atoms with Crippen molar-refractivity contribution in [2.75, 3.05) is 13.1 Å². The van der Waals surface area contributed by atoms with Gasteiger partial charge in [-0.1, -0.05) is 43.3 Å². The van der Waals surface area contributed by atoms with Crippen molar-refractivity contribution in [2.24, 2.45) is 4.99 Å². The molecule has 2 N–H and O–H groups in total. The number of benzene rings is 2. The summed E-state index contributed by atoms with van der Waals surface area (Å²) in [6.07, 6.45) is 3.33. The molecule has 32 heavy (non-hydrogen) atoms. The molecule has 0 amide bonds. The van der Waals surface area contributed by atoms with Crippen molar-refractivity contribution in [3.05, 3.63) is 83.4 Å². The van der Waals surface area contributed by atoms with E-state index in [-0.39, 0.29) is 30.0 Å². The van der Waals surface area contributed by atoms with Crippen LogP contribution in [0.3, 0.4) is 0 Å². The monoisotopic (exact) mass is 554 g/mol. The lowest BCUT2D eigenvalue weighted by molar-refractivity contribution is 0.504. The molecule has 0 saturated heterocycles. The van der Waals surface area contributed by atoms with Crippen LogP contribution in [0.1, 0.15) is 36.8 Å². The molecule has 1 atom stereocenters. The van der Waals surface area contributed by atoms with Gasteiger partial charge < -0.3 is 15.2 Å². The number of nitrogens with one attached hydrogen (secondary N) is 2. The molecule has 172 valence electrons. The standard InChI is InChI=1S/C23H28F2N6.HI/c1-3-22-30-28-16-31(22)14-13-27-23(26-12-11-18-7-5-4-6-8-18)29-17(2)19-9-10-20(24)21(25)15-19;/h4-10,15-17H,3,11-14H2,1-2H3,(H2,26,27,29);1H. The van der Waals surface area contributed by atoms with Crippen molar-refractivity contribution in [1.29, 1.82) is 0 Å². The second-order valence-electron chi connectivity index (χ2n) is 7.23. The van der Waals surface area contributed by atoms with Gasteiger partial charge in [0.15, 0.2) is 17.6 Å². The molecular formula is C23H29F2IN6. The van der Waals surface area contributed by atoms with Crippen molar-refractivity contribution in [3.63, 3.8) is 0 Å². The fourth-order valence-corrected chi connectivity index (χ4v) is 3.20. The van der Waals surface area contributed by atoms with Crippen LogP contribution >= 0.6 is 24.0 Å². The van der Waals surface area contributed by atoms with E-state index >= 15 is 0 Å². The summed E-state index contributed by atoms with van der Waals surface area (Å²) in [6, 6.07) is 13.8. The minimum Gasteiger partial charge on any atom is -0.355 e. The molecule has 1 heterocycles. The van der Waals surface area contributed by atoms with E-state index in [1.807, 2.05) is 36.6 Å². The van der Waals surface area contributed by atoms with Crippen LogP contribution in [0.15, 0.2) is 59.9 Å². The van der Waals surface area contributed by atoms with Crippen LogP contribution in [0.2, 0.25) is 0 Å². The summed E-state index contributed by atoms with van der Waals surface area (Å²) in [5.41, 5.74) is 1.85. The summed E-state index contributed by atoms with van der Waals surface area (Å²) < 4.78 is 28.9. The van der Waals surface area contributed by atoms with Crippen molar-refractivity contribution in [2.45, 2.75) is 39.3 Å². The predicted molar refractivity (Wildman–Crippen MR) is 133 cm³/mol.